The molecule has 0 radical (unpaired) electrons. The van der Waals surface area contributed by atoms with Crippen LogP contribution in [0.2, 0.25) is 0 Å². The molecule has 0 amide bonds. The summed E-state index contributed by atoms with van der Waals surface area (Å²) in [7, 11) is 0. The van der Waals surface area contributed by atoms with E-state index in [0.29, 0.717) is 12.5 Å². The number of hydrogen-bond acceptors (Lipinski definition) is 3. The predicted octanol–water partition coefficient (Wildman–Crippen LogP) is 3.86. The average molecular weight is 291 g/mol. The van der Waals surface area contributed by atoms with Gasteiger partial charge in [-0.05, 0) is 45.2 Å². The first-order valence-electron chi connectivity index (χ1n) is 8.25. The molecule has 1 aromatic rings. The molecule has 0 spiro atoms. The van der Waals surface area contributed by atoms with Crippen LogP contribution in [-0.4, -0.2) is 25.9 Å². The first kappa shape index (κ1) is 16.3. The van der Waals surface area contributed by atoms with Gasteiger partial charge in [0, 0.05) is 12.2 Å². The third-order valence-corrected chi connectivity index (χ3v) is 4.19. The van der Waals surface area contributed by atoms with E-state index in [9.17, 15) is 0 Å². The highest BCUT2D eigenvalue weighted by atomic mass is 16.5. The monoisotopic (exact) mass is 291 g/mol. The first-order valence-corrected chi connectivity index (χ1v) is 8.25. The lowest BCUT2D eigenvalue weighted by Crippen LogP contribution is -2.35. The Balaban J connectivity index is 2.32. The molecule has 1 heterocycles. The standard InChI is InChI=1S/C18H29NO2/c1-5-10-19-17(18-14(4)9-11-21-18)15-12-13(3)7-8-16(15)20-6-2/h7-8,12,14,17-19H,5-6,9-11H2,1-4H3. The van der Waals surface area contributed by atoms with Gasteiger partial charge < -0.3 is 14.8 Å². The van der Waals surface area contributed by atoms with Crippen molar-refractivity contribution >= 4 is 0 Å². The quantitative estimate of drug-likeness (QED) is 0.827. The molecule has 1 aromatic carbocycles. The van der Waals surface area contributed by atoms with E-state index in [0.717, 1.165) is 31.7 Å². The Morgan fingerprint density at radius 3 is 2.81 bits per heavy atom. The summed E-state index contributed by atoms with van der Waals surface area (Å²) in [6, 6.07) is 6.66. The zero-order valence-corrected chi connectivity index (χ0v) is 13.8. The molecule has 1 saturated heterocycles. The van der Waals surface area contributed by atoms with Crippen molar-refractivity contribution in [3.05, 3.63) is 29.3 Å². The van der Waals surface area contributed by atoms with E-state index < -0.39 is 0 Å². The van der Waals surface area contributed by atoms with E-state index in [1.807, 2.05) is 6.92 Å². The van der Waals surface area contributed by atoms with E-state index in [4.69, 9.17) is 9.47 Å². The Bertz CT molecular complexity index is 447. The van der Waals surface area contributed by atoms with Gasteiger partial charge in [-0.2, -0.15) is 0 Å². The topological polar surface area (TPSA) is 30.5 Å². The minimum absolute atomic E-state index is 0.212. The highest BCUT2D eigenvalue weighted by molar-refractivity contribution is 5.40. The Hall–Kier alpha value is -1.06. The van der Waals surface area contributed by atoms with Crippen molar-refractivity contribution in [1.82, 2.24) is 5.32 Å². The zero-order valence-electron chi connectivity index (χ0n) is 13.8. The maximum atomic E-state index is 6.03. The molecule has 3 atom stereocenters. The largest absolute Gasteiger partial charge is 0.494 e. The molecule has 1 aliphatic heterocycles. The summed E-state index contributed by atoms with van der Waals surface area (Å²) in [5, 5.41) is 3.68. The van der Waals surface area contributed by atoms with Gasteiger partial charge in [-0.15, -0.1) is 0 Å². The molecule has 2 rings (SSSR count). The van der Waals surface area contributed by atoms with Crippen molar-refractivity contribution in [3.8, 4) is 5.75 Å². The van der Waals surface area contributed by atoms with Crippen LogP contribution in [0.5, 0.6) is 5.75 Å². The van der Waals surface area contributed by atoms with Crippen LogP contribution in [0.1, 0.15) is 50.8 Å². The molecule has 1 fully saturated rings. The normalized spacial score (nSPS) is 23.2. The minimum atomic E-state index is 0.212. The fourth-order valence-corrected chi connectivity index (χ4v) is 3.04. The van der Waals surface area contributed by atoms with Gasteiger partial charge in [0.1, 0.15) is 5.75 Å². The van der Waals surface area contributed by atoms with Crippen LogP contribution in [0.4, 0.5) is 0 Å². The van der Waals surface area contributed by atoms with E-state index in [1.165, 1.54) is 11.1 Å². The van der Waals surface area contributed by atoms with Crippen molar-refractivity contribution in [2.45, 2.75) is 52.7 Å². The van der Waals surface area contributed by atoms with E-state index in [-0.39, 0.29) is 12.1 Å². The van der Waals surface area contributed by atoms with E-state index >= 15 is 0 Å². The number of benzene rings is 1. The van der Waals surface area contributed by atoms with Crippen LogP contribution in [0.25, 0.3) is 0 Å². The van der Waals surface area contributed by atoms with Crippen molar-refractivity contribution in [3.63, 3.8) is 0 Å². The Morgan fingerprint density at radius 2 is 2.19 bits per heavy atom. The van der Waals surface area contributed by atoms with E-state index in [1.54, 1.807) is 0 Å². The maximum Gasteiger partial charge on any atom is 0.124 e. The third kappa shape index (κ3) is 3.98. The molecule has 118 valence electrons. The second-order valence-corrected chi connectivity index (χ2v) is 6.01. The van der Waals surface area contributed by atoms with Crippen LogP contribution in [0.15, 0.2) is 18.2 Å². The minimum Gasteiger partial charge on any atom is -0.494 e. The molecule has 3 unspecified atom stereocenters. The van der Waals surface area contributed by atoms with Gasteiger partial charge in [0.2, 0.25) is 0 Å². The van der Waals surface area contributed by atoms with Crippen molar-refractivity contribution in [2.24, 2.45) is 5.92 Å². The fourth-order valence-electron chi connectivity index (χ4n) is 3.04. The summed E-state index contributed by atoms with van der Waals surface area (Å²) >= 11 is 0. The highest BCUT2D eigenvalue weighted by Gasteiger charge is 2.34. The Kier molecular flexibility index (Phi) is 6.07. The molecule has 1 N–H and O–H groups in total. The summed E-state index contributed by atoms with van der Waals surface area (Å²) in [5.74, 6) is 1.56. The van der Waals surface area contributed by atoms with Crippen LogP contribution in [0, 0.1) is 12.8 Å². The van der Waals surface area contributed by atoms with Gasteiger partial charge in [0.15, 0.2) is 0 Å². The van der Waals surface area contributed by atoms with Crippen LogP contribution in [-0.2, 0) is 4.74 Å². The average Bonchev–Trinajstić information content (AvgIpc) is 2.88. The number of aryl methyl sites for hydroxylation is 1. The molecule has 3 heteroatoms. The van der Waals surface area contributed by atoms with Gasteiger partial charge in [-0.25, -0.2) is 0 Å². The summed E-state index contributed by atoms with van der Waals surface area (Å²) in [6.07, 6.45) is 2.50. The van der Waals surface area contributed by atoms with Gasteiger partial charge >= 0.3 is 0 Å². The first-order chi connectivity index (χ1) is 10.2. The second kappa shape index (κ2) is 7.81. The van der Waals surface area contributed by atoms with Crippen LogP contribution < -0.4 is 10.1 Å². The Labute approximate surface area is 129 Å². The molecule has 0 bridgehead atoms. The molecule has 0 aromatic heterocycles. The maximum absolute atomic E-state index is 6.03. The number of hydrogen-bond donors (Lipinski definition) is 1. The van der Waals surface area contributed by atoms with E-state index in [2.05, 4.69) is 44.3 Å². The summed E-state index contributed by atoms with van der Waals surface area (Å²) in [5.41, 5.74) is 2.51. The molecule has 1 aliphatic rings. The molecular weight excluding hydrogens is 262 g/mol. The van der Waals surface area contributed by atoms with Gasteiger partial charge in [-0.3, -0.25) is 0 Å². The smallest absolute Gasteiger partial charge is 0.124 e. The Morgan fingerprint density at radius 1 is 1.38 bits per heavy atom. The van der Waals surface area contributed by atoms with Gasteiger partial charge in [0.05, 0.1) is 18.8 Å². The van der Waals surface area contributed by atoms with Crippen molar-refractivity contribution in [2.75, 3.05) is 19.8 Å². The summed E-state index contributed by atoms with van der Waals surface area (Å²) in [4.78, 5) is 0. The van der Waals surface area contributed by atoms with Gasteiger partial charge in [0.25, 0.3) is 0 Å². The van der Waals surface area contributed by atoms with Crippen molar-refractivity contribution < 1.29 is 9.47 Å². The summed E-state index contributed by atoms with van der Waals surface area (Å²) in [6.45, 7) is 11.2. The summed E-state index contributed by atoms with van der Waals surface area (Å²) < 4.78 is 11.9. The molecule has 0 aliphatic carbocycles. The van der Waals surface area contributed by atoms with Crippen LogP contribution in [0.3, 0.4) is 0 Å². The zero-order chi connectivity index (χ0) is 15.2. The SMILES string of the molecule is CCCNC(c1cc(C)ccc1OCC)C1OCCC1C. The molecule has 3 nitrogen and oxygen atoms in total. The molecule has 21 heavy (non-hydrogen) atoms. The lowest BCUT2D eigenvalue weighted by atomic mass is 9.91. The predicted molar refractivity (Wildman–Crippen MR) is 86.9 cm³/mol. The number of nitrogens with one attached hydrogen (secondary N) is 1. The highest BCUT2D eigenvalue weighted by Crippen LogP contribution is 2.36. The lowest BCUT2D eigenvalue weighted by Gasteiger charge is -2.29. The molecular formula is C18H29NO2. The molecule has 0 saturated carbocycles. The number of rotatable bonds is 7. The fraction of sp³-hybridized carbons (Fsp3) is 0.667. The lowest BCUT2D eigenvalue weighted by molar-refractivity contribution is 0.0597. The van der Waals surface area contributed by atoms with Crippen molar-refractivity contribution in [1.29, 1.82) is 0 Å². The number of ether oxygens (including phenoxy) is 2. The second-order valence-electron chi connectivity index (χ2n) is 6.01. The van der Waals surface area contributed by atoms with Gasteiger partial charge in [-0.1, -0.05) is 31.5 Å². The third-order valence-electron chi connectivity index (χ3n) is 4.19. The van der Waals surface area contributed by atoms with Crippen LogP contribution >= 0.6 is 0 Å².